The lowest BCUT2D eigenvalue weighted by Crippen LogP contribution is -2.63. The Morgan fingerprint density at radius 3 is 1.75 bits per heavy atom. The van der Waals surface area contributed by atoms with Crippen LogP contribution in [-0.2, 0) is 5.41 Å². The van der Waals surface area contributed by atoms with Crippen molar-refractivity contribution in [2.45, 2.75) is 63.7 Å². The van der Waals surface area contributed by atoms with Crippen molar-refractivity contribution in [2.75, 3.05) is 0 Å². The first-order valence-electron chi connectivity index (χ1n) is 11.5. The number of halogens is 9. The first-order valence-corrected chi connectivity index (χ1v) is 14.5. The van der Waals surface area contributed by atoms with E-state index in [0.717, 1.165) is 41.3 Å². The molecular weight excluding hydrogens is 511 g/mol. The summed E-state index contributed by atoms with van der Waals surface area (Å²) in [6.45, 7) is 8.46. The molecule has 2 aromatic rings. The smallest absolute Gasteiger partial charge is 0.169 e. The Hall–Kier alpha value is -2.23. The van der Waals surface area contributed by atoms with E-state index in [9.17, 15) is 39.5 Å². The van der Waals surface area contributed by atoms with Crippen molar-refractivity contribution in [3.8, 4) is 11.1 Å². The third kappa shape index (κ3) is 3.49. The Morgan fingerprint density at radius 2 is 1.28 bits per heavy atom. The van der Waals surface area contributed by atoms with Crippen LogP contribution in [-0.4, -0.2) is 26.6 Å². The molecule has 4 rings (SSSR count). The molecule has 2 aromatic carbocycles. The van der Waals surface area contributed by atoms with Crippen LogP contribution in [0.4, 0.5) is 39.5 Å². The Morgan fingerprint density at radius 1 is 0.750 bits per heavy atom. The summed E-state index contributed by atoms with van der Waals surface area (Å²) in [5.74, 6) is 0.268. The van der Waals surface area contributed by atoms with Gasteiger partial charge in [0.25, 0.3) is 5.41 Å². The molecule has 0 fully saturated rings. The van der Waals surface area contributed by atoms with Crippen LogP contribution in [0.1, 0.15) is 43.4 Å². The monoisotopic (exact) mass is 535 g/mol. The second kappa shape index (κ2) is 8.13. The van der Waals surface area contributed by atoms with Crippen LogP contribution >= 0.6 is 0 Å². The Kier molecular flexibility index (Phi) is 6.06. The van der Waals surface area contributed by atoms with E-state index < -0.39 is 37.6 Å². The van der Waals surface area contributed by atoms with Crippen LogP contribution < -0.4 is 5.19 Å². The predicted molar refractivity (Wildman–Crippen MR) is 123 cm³/mol. The molecule has 1 aliphatic heterocycles. The topological polar surface area (TPSA) is 0 Å². The molecule has 1 atom stereocenters. The highest BCUT2D eigenvalue weighted by atomic mass is 28.3. The Balaban J connectivity index is 1.91. The van der Waals surface area contributed by atoms with E-state index in [2.05, 4.69) is 33.4 Å². The van der Waals surface area contributed by atoms with Gasteiger partial charge in [-0.15, -0.1) is 0 Å². The zero-order chi connectivity index (χ0) is 27.1. The standard InChI is InChI=1S/C26H24F9Si/c1-5-6-14(2)18-13-16-9-12-19-20(21(16)22(18)36(19,3)4)15-7-10-17(11-8-15)23(24(27,28)29,25(30,31)32)26(33,34)35/h7-14H,5-6H2,1-4H3. The van der Waals surface area contributed by atoms with Crippen LogP contribution in [0.15, 0.2) is 42.0 Å². The second-order valence-corrected chi connectivity index (χ2v) is 14.4. The quantitative estimate of drug-likeness (QED) is 0.266. The summed E-state index contributed by atoms with van der Waals surface area (Å²) in [6, 6.07) is 6.41. The highest BCUT2D eigenvalue weighted by Crippen LogP contribution is 2.60. The van der Waals surface area contributed by atoms with Crippen LogP contribution in [0, 0.1) is 12.3 Å². The fourth-order valence-electron chi connectivity index (χ4n) is 5.86. The van der Waals surface area contributed by atoms with Gasteiger partial charge in [-0.1, -0.05) is 75.3 Å². The van der Waals surface area contributed by atoms with Gasteiger partial charge in [0, 0.05) is 6.42 Å². The highest BCUT2D eigenvalue weighted by Gasteiger charge is 2.84. The van der Waals surface area contributed by atoms with Crippen molar-refractivity contribution in [2.24, 2.45) is 5.92 Å². The molecule has 0 saturated heterocycles. The van der Waals surface area contributed by atoms with Crippen molar-refractivity contribution < 1.29 is 39.5 Å². The molecule has 2 bridgehead atoms. The van der Waals surface area contributed by atoms with Crippen molar-refractivity contribution in [3.63, 3.8) is 0 Å². The summed E-state index contributed by atoms with van der Waals surface area (Å²) in [5.41, 5.74) is -3.87. The third-order valence-corrected chi connectivity index (χ3v) is 11.1. The molecule has 1 aliphatic carbocycles. The van der Waals surface area contributed by atoms with E-state index in [1.165, 1.54) is 10.8 Å². The van der Waals surface area contributed by atoms with Gasteiger partial charge in [-0.25, -0.2) is 0 Å². The van der Waals surface area contributed by atoms with E-state index in [-0.39, 0.29) is 5.92 Å². The lowest BCUT2D eigenvalue weighted by Gasteiger charge is -2.39. The lowest BCUT2D eigenvalue weighted by atomic mass is 9.77. The van der Waals surface area contributed by atoms with Gasteiger partial charge < -0.3 is 0 Å². The summed E-state index contributed by atoms with van der Waals surface area (Å²) in [7, 11) is -2.26. The van der Waals surface area contributed by atoms with Gasteiger partial charge in [0.05, 0.1) is 0 Å². The molecular formula is C26H24F9Si. The van der Waals surface area contributed by atoms with E-state index >= 15 is 0 Å². The van der Waals surface area contributed by atoms with Gasteiger partial charge in [-0.2, -0.15) is 39.5 Å². The Labute approximate surface area is 204 Å². The second-order valence-electron chi connectivity index (χ2n) is 10.1. The third-order valence-electron chi connectivity index (χ3n) is 7.52. The van der Waals surface area contributed by atoms with E-state index in [0.29, 0.717) is 23.3 Å². The number of rotatable bonds is 5. The normalized spacial score (nSPS) is 18.2. The lowest BCUT2D eigenvalue weighted by molar-refractivity contribution is -0.387. The molecule has 0 spiro atoms. The number of fused-ring (bicyclic) bond motifs is 1. The summed E-state index contributed by atoms with van der Waals surface area (Å²) in [6.07, 6.45) is -15.9. The molecule has 195 valence electrons. The maximum Gasteiger partial charge on any atom is 0.416 e. The number of hydrogen-bond acceptors (Lipinski definition) is 0. The molecule has 0 nitrogen and oxygen atoms in total. The van der Waals surface area contributed by atoms with E-state index in [1.54, 1.807) is 0 Å². The highest BCUT2D eigenvalue weighted by molar-refractivity contribution is 7.07. The van der Waals surface area contributed by atoms with Crippen LogP contribution in [0.25, 0.3) is 16.3 Å². The van der Waals surface area contributed by atoms with Crippen molar-refractivity contribution in [1.82, 2.24) is 0 Å². The van der Waals surface area contributed by atoms with Crippen LogP contribution in [0.3, 0.4) is 0 Å². The summed E-state index contributed by atoms with van der Waals surface area (Å²) < 4.78 is 122. The van der Waals surface area contributed by atoms with Gasteiger partial charge in [0.2, 0.25) is 0 Å². The number of alkyl halides is 9. The van der Waals surface area contributed by atoms with E-state index in [1.807, 2.05) is 12.1 Å². The molecule has 2 aliphatic rings. The minimum atomic E-state index is -6.64. The minimum Gasteiger partial charge on any atom is -0.169 e. The minimum absolute atomic E-state index is 0.268. The molecule has 10 heteroatoms. The molecule has 0 amide bonds. The number of hydrogen-bond donors (Lipinski definition) is 0. The fourth-order valence-corrected chi connectivity index (χ4v) is 9.46. The molecule has 0 saturated carbocycles. The first kappa shape index (κ1) is 26.8. The van der Waals surface area contributed by atoms with Crippen molar-refractivity contribution >= 4 is 18.5 Å². The number of allylic oxidation sites excluding steroid dienone is 1. The van der Waals surface area contributed by atoms with Gasteiger partial charge >= 0.3 is 18.5 Å². The molecule has 1 unspecified atom stereocenters. The SMILES string of the molecule is CCCC(C)C1=C2c3c(ccc(c3-c3ccc(C(C(F)(F)F)(C(F)(F)F)C(F)(F)F)cc3)[Si]2(C)C)[CH]1. The molecule has 0 N–H and O–H groups in total. The molecule has 1 radical (unpaired) electrons. The maximum absolute atomic E-state index is 13.6. The molecule has 0 aromatic heterocycles. The zero-order valence-electron chi connectivity index (χ0n) is 19.9. The Bertz CT molecular complexity index is 1180. The average molecular weight is 536 g/mol. The summed E-state index contributed by atoms with van der Waals surface area (Å²) >= 11 is 0. The van der Waals surface area contributed by atoms with Crippen LogP contribution in [0.2, 0.25) is 13.1 Å². The van der Waals surface area contributed by atoms with Crippen molar-refractivity contribution in [1.29, 1.82) is 0 Å². The van der Waals surface area contributed by atoms with Gasteiger partial charge in [0.1, 0.15) is 8.07 Å². The van der Waals surface area contributed by atoms with E-state index in [4.69, 9.17) is 0 Å². The predicted octanol–water partition coefficient (Wildman–Crippen LogP) is 8.50. The zero-order valence-corrected chi connectivity index (χ0v) is 20.9. The summed E-state index contributed by atoms with van der Waals surface area (Å²) in [4.78, 5) is 0. The van der Waals surface area contributed by atoms with Crippen molar-refractivity contribution in [3.05, 3.63) is 65.1 Å². The van der Waals surface area contributed by atoms with Gasteiger partial charge in [-0.3, -0.25) is 0 Å². The first-order chi connectivity index (χ1) is 16.4. The maximum atomic E-state index is 13.6. The van der Waals surface area contributed by atoms with Gasteiger partial charge in [-0.05, 0) is 50.5 Å². The summed E-state index contributed by atoms with van der Waals surface area (Å²) in [5, 5.41) is 2.15. The largest absolute Gasteiger partial charge is 0.416 e. The molecule has 36 heavy (non-hydrogen) atoms. The fraction of sp³-hybridized carbons (Fsp3) is 0.423. The van der Waals surface area contributed by atoms with Gasteiger partial charge in [0.15, 0.2) is 0 Å². The average Bonchev–Trinajstić information content (AvgIpc) is 3.17. The van der Waals surface area contributed by atoms with Crippen LogP contribution in [0.5, 0.6) is 0 Å². The molecule has 1 heterocycles. The number of benzene rings is 2.